The Balaban J connectivity index is 1.45. The summed E-state index contributed by atoms with van der Waals surface area (Å²) in [6.45, 7) is 4.06. The lowest BCUT2D eigenvalue weighted by atomic mass is 10.1. The first-order valence-electron chi connectivity index (χ1n) is 9.63. The molecule has 0 atom stereocenters. The van der Waals surface area contributed by atoms with Crippen molar-refractivity contribution in [3.63, 3.8) is 0 Å². The maximum Gasteiger partial charge on any atom is 0.248 e. The topological polar surface area (TPSA) is 64.4 Å². The number of aryl methyl sites for hydroxylation is 2. The Kier molecular flexibility index (Phi) is 5.35. The van der Waals surface area contributed by atoms with Gasteiger partial charge in [-0.15, -0.1) is 0 Å². The molecular formula is C25H22N2O3. The molecule has 5 heteroatoms. The molecule has 0 fully saturated rings. The number of carbonyl (C=O) groups excluding carboxylic acids is 1. The van der Waals surface area contributed by atoms with Gasteiger partial charge in [0.05, 0.1) is 7.11 Å². The first kappa shape index (κ1) is 19.5. The summed E-state index contributed by atoms with van der Waals surface area (Å²) in [6.07, 6.45) is 3.26. The van der Waals surface area contributed by atoms with Crippen LogP contribution in [-0.2, 0) is 4.79 Å². The van der Waals surface area contributed by atoms with Gasteiger partial charge in [0.25, 0.3) is 0 Å². The van der Waals surface area contributed by atoms with E-state index in [-0.39, 0.29) is 5.91 Å². The summed E-state index contributed by atoms with van der Waals surface area (Å²) in [7, 11) is 1.62. The number of oxazole rings is 1. The second-order valence-electron chi connectivity index (χ2n) is 7.12. The average Bonchev–Trinajstić information content (AvgIpc) is 3.17. The smallest absolute Gasteiger partial charge is 0.248 e. The molecule has 0 saturated carbocycles. The van der Waals surface area contributed by atoms with Crippen LogP contribution in [0.5, 0.6) is 5.75 Å². The lowest BCUT2D eigenvalue weighted by molar-refractivity contribution is -0.111. The molecule has 0 radical (unpaired) electrons. The van der Waals surface area contributed by atoms with Gasteiger partial charge in [0.2, 0.25) is 11.8 Å². The van der Waals surface area contributed by atoms with Crippen LogP contribution in [0, 0.1) is 13.8 Å². The molecule has 0 bridgehead atoms. The monoisotopic (exact) mass is 398 g/mol. The van der Waals surface area contributed by atoms with Crippen LogP contribution in [0.15, 0.2) is 71.2 Å². The number of fused-ring (bicyclic) bond motifs is 1. The van der Waals surface area contributed by atoms with Crippen LogP contribution >= 0.6 is 0 Å². The van der Waals surface area contributed by atoms with Crippen LogP contribution in [0.1, 0.15) is 16.7 Å². The number of ether oxygens (including phenoxy) is 1. The number of anilines is 1. The summed E-state index contributed by atoms with van der Waals surface area (Å²) in [6, 6.07) is 19.0. The van der Waals surface area contributed by atoms with Gasteiger partial charge in [-0.2, -0.15) is 0 Å². The second-order valence-corrected chi connectivity index (χ2v) is 7.12. The van der Waals surface area contributed by atoms with Crippen LogP contribution < -0.4 is 10.1 Å². The van der Waals surface area contributed by atoms with Crippen molar-refractivity contribution in [3.05, 3.63) is 83.4 Å². The van der Waals surface area contributed by atoms with Gasteiger partial charge in [0.1, 0.15) is 11.3 Å². The number of nitrogens with one attached hydrogen (secondary N) is 1. The van der Waals surface area contributed by atoms with Gasteiger partial charge >= 0.3 is 0 Å². The first-order valence-corrected chi connectivity index (χ1v) is 9.63. The molecule has 1 heterocycles. The van der Waals surface area contributed by atoms with Gasteiger partial charge in [0, 0.05) is 17.3 Å². The SMILES string of the molecule is COc1ccc(C=CC(=O)Nc2ccc(-c3nc4cc(C)cc(C)c4o3)cc2)cc1. The highest BCUT2D eigenvalue weighted by Crippen LogP contribution is 2.28. The Morgan fingerprint density at radius 3 is 2.47 bits per heavy atom. The summed E-state index contributed by atoms with van der Waals surface area (Å²) < 4.78 is 11.1. The third-order valence-corrected chi connectivity index (χ3v) is 4.76. The van der Waals surface area contributed by atoms with E-state index < -0.39 is 0 Å². The molecule has 1 N–H and O–H groups in total. The average molecular weight is 398 g/mol. The summed E-state index contributed by atoms with van der Waals surface area (Å²) in [4.78, 5) is 16.8. The quantitative estimate of drug-likeness (QED) is 0.433. The van der Waals surface area contributed by atoms with Gasteiger partial charge in [0.15, 0.2) is 5.58 Å². The van der Waals surface area contributed by atoms with Crippen LogP contribution in [0.25, 0.3) is 28.6 Å². The Bertz CT molecular complexity index is 1220. The Hall–Kier alpha value is -3.86. The predicted octanol–water partition coefficient (Wildman–Crippen LogP) is 5.77. The molecule has 0 unspecified atom stereocenters. The highest BCUT2D eigenvalue weighted by molar-refractivity contribution is 6.02. The predicted molar refractivity (Wildman–Crippen MR) is 120 cm³/mol. The van der Waals surface area contributed by atoms with E-state index >= 15 is 0 Å². The van der Waals surface area contributed by atoms with Crippen molar-refractivity contribution in [1.29, 1.82) is 0 Å². The van der Waals surface area contributed by atoms with Crippen molar-refractivity contribution in [1.82, 2.24) is 4.98 Å². The number of hydrogen-bond donors (Lipinski definition) is 1. The fourth-order valence-electron chi connectivity index (χ4n) is 3.27. The highest BCUT2D eigenvalue weighted by Gasteiger charge is 2.11. The molecule has 4 rings (SSSR count). The number of hydrogen-bond acceptors (Lipinski definition) is 4. The molecule has 5 nitrogen and oxygen atoms in total. The minimum atomic E-state index is -0.202. The van der Waals surface area contributed by atoms with Crippen LogP contribution in [0.4, 0.5) is 5.69 Å². The molecule has 1 aromatic heterocycles. The molecule has 0 spiro atoms. The Labute approximate surface area is 175 Å². The maximum absolute atomic E-state index is 12.2. The van der Waals surface area contributed by atoms with Crippen LogP contribution in [0.2, 0.25) is 0 Å². The standard InChI is InChI=1S/C25H22N2O3/c1-16-14-17(2)24-22(15-16)27-25(30-24)19-7-9-20(10-8-19)26-23(28)13-6-18-4-11-21(29-3)12-5-18/h4-15H,1-3H3,(H,26,28). The van der Waals surface area contributed by atoms with Gasteiger partial charge in [-0.1, -0.05) is 18.2 Å². The zero-order chi connectivity index (χ0) is 21.1. The van der Waals surface area contributed by atoms with Gasteiger partial charge in [-0.25, -0.2) is 4.98 Å². The normalized spacial score (nSPS) is 11.2. The van der Waals surface area contributed by atoms with Crippen molar-refractivity contribution in [3.8, 4) is 17.2 Å². The molecule has 30 heavy (non-hydrogen) atoms. The number of carbonyl (C=O) groups is 1. The molecule has 3 aromatic carbocycles. The van der Waals surface area contributed by atoms with E-state index in [0.717, 1.165) is 39.1 Å². The number of amides is 1. The number of nitrogens with zero attached hydrogens (tertiary/aromatic N) is 1. The third kappa shape index (κ3) is 4.25. The van der Waals surface area contributed by atoms with Gasteiger partial charge < -0.3 is 14.5 Å². The van der Waals surface area contributed by atoms with E-state index in [4.69, 9.17) is 9.15 Å². The van der Waals surface area contributed by atoms with Crippen molar-refractivity contribution in [2.45, 2.75) is 13.8 Å². The van der Waals surface area contributed by atoms with E-state index in [9.17, 15) is 4.79 Å². The lowest BCUT2D eigenvalue weighted by Crippen LogP contribution is -2.07. The molecule has 150 valence electrons. The van der Waals surface area contributed by atoms with Crippen molar-refractivity contribution >= 4 is 28.8 Å². The number of benzene rings is 3. The first-order chi connectivity index (χ1) is 14.5. The molecule has 1 amide bonds. The third-order valence-electron chi connectivity index (χ3n) is 4.76. The van der Waals surface area contributed by atoms with E-state index in [1.807, 2.05) is 68.4 Å². The Morgan fingerprint density at radius 2 is 1.77 bits per heavy atom. The van der Waals surface area contributed by atoms with Gasteiger partial charge in [-0.05, 0) is 79.1 Å². The number of aromatic nitrogens is 1. The molecule has 0 saturated heterocycles. The van der Waals surface area contributed by atoms with Crippen molar-refractivity contribution in [2.75, 3.05) is 12.4 Å². The zero-order valence-electron chi connectivity index (χ0n) is 17.1. The minimum Gasteiger partial charge on any atom is -0.497 e. The van der Waals surface area contributed by atoms with Crippen molar-refractivity contribution < 1.29 is 13.9 Å². The summed E-state index contributed by atoms with van der Waals surface area (Å²) >= 11 is 0. The van der Waals surface area contributed by atoms with E-state index in [2.05, 4.69) is 16.4 Å². The van der Waals surface area contributed by atoms with E-state index in [1.54, 1.807) is 13.2 Å². The summed E-state index contributed by atoms with van der Waals surface area (Å²) in [5.41, 5.74) is 6.35. The molecule has 0 aliphatic heterocycles. The number of rotatable bonds is 5. The Morgan fingerprint density at radius 1 is 1.03 bits per heavy atom. The van der Waals surface area contributed by atoms with Crippen molar-refractivity contribution in [2.24, 2.45) is 0 Å². The molecule has 0 aliphatic carbocycles. The summed E-state index contributed by atoms with van der Waals surface area (Å²) in [5, 5.41) is 2.86. The van der Waals surface area contributed by atoms with Crippen LogP contribution in [-0.4, -0.2) is 18.0 Å². The summed E-state index contributed by atoms with van der Waals surface area (Å²) in [5.74, 6) is 1.14. The second kappa shape index (κ2) is 8.25. The molecule has 0 aliphatic rings. The lowest BCUT2D eigenvalue weighted by Gasteiger charge is -2.03. The minimum absolute atomic E-state index is 0.202. The van der Waals surface area contributed by atoms with Gasteiger partial charge in [-0.3, -0.25) is 4.79 Å². The highest BCUT2D eigenvalue weighted by atomic mass is 16.5. The fourth-order valence-corrected chi connectivity index (χ4v) is 3.27. The van der Waals surface area contributed by atoms with E-state index in [1.165, 1.54) is 6.08 Å². The zero-order valence-corrected chi connectivity index (χ0v) is 17.1. The fraction of sp³-hybridized carbons (Fsp3) is 0.120. The van der Waals surface area contributed by atoms with Crippen LogP contribution in [0.3, 0.4) is 0 Å². The molecule has 4 aromatic rings. The maximum atomic E-state index is 12.2. The van der Waals surface area contributed by atoms with E-state index in [0.29, 0.717) is 11.6 Å². The number of methoxy groups -OCH3 is 1. The molecular weight excluding hydrogens is 376 g/mol. The largest absolute Gasteiger partial charge is 0.497 e.